The molecule has 2 heterocycles. The molecule has 1 saturated heterocycles. The van der Waals surface area contributed by atoms with Crippen molar-refractivity contribution in [3.8, 4) is 5.75 Å². The molecule has 1 aliphatic rings. The predicted octanol–water partition coefficient (Wildman–Crippen LogP) is 3.19. The lowest BCUT2D eigenvalue weighted by atomic mass is 10.0. The number of carbonyl (C=O) groups excluding carboxylic acids is 2. The lowest BCUT2D eigenvalue weighted by Gasteiger charge is -2.18. The Morgan fingerprint density at radius 3 is 2.84 bits per heavy atom. The van der Waals surface area contributed by atoms with E-state index in [0.717, 1.165) is 18.9 Å². The molecule has 1 aromatic heterocycles. The van der Waals surface area contributed by atoms with Gasteiger partial charge in [0.15, 0.2) is 12.5 Å². The summed E-state index contributed by atoms with van der Waals surface area (Å²) >= 11 is 5.59. The Hall–Kier alpha value is -2.91. The normalized spacial score (nSPS) is 14.1. The average Bonchev–Trinajstić information content (AvgIpc) is 3.26. The molecule has 0 spiro atoms. The van der Waals surface area contributed by atoms with Crippen LogP contribution >= 0.6 is 11.6 Å². The smallest absolute Gasteiger partial charge is 0.292 e. The lowest BCUT2D eigenvalue weighted by molar-refractivity contribution is -0.123. The Morgan fingerprint density at radius 1 is 1.32 bits per heavy atom. The Morgan fingerprint density at radius 2 is 2.10 bits per heavy atom. The van der Waals surface area contributed by atoms with E-state index in [9.17, 15) is 14.0 Å². The van der Waals surface area contributed by atoms with Gasteiger partial charge in [0.1, 0.15) is 11.6 Å². The summed E-state index contributed by atoms with van der Waals surface area (Å²) in [6.45, 7) is 5.03. The van der Waals surface area contributed by atoms with Gasteiger partial charge in [-0.2, -0.15) is 0 Å². The number of nitrogens with zero attached hydrogens (tertiary/aromatic N) is 1. The van der Waals surface area contributed by atoms with Crippen molar-refractivity contribution in [2.24, 2.45) is 0 Å². The molecule has 0 bridgehead atoms. The third kappa shape index (κ3) is 6.80. The quantitative estimate of drug-likeness (QED) is 0.607. The molecule has 3 rings (SSSR count). The number of ether oxygens (including phenoxy) is 2. The van der Waals surface area contributed by atoms with Gasteiger partial charge in [-0.25, -0.2) is 9.37 Å². The van der Waals surface area contributed by atoms with Crippen molar-refractivity contribution in [2.75, 3.05) is 26.4 Å². The topological polar surface area (TPSA) is 103 Å². The second kappa shape index (κ2) is 10.9. The largest absolute Gasteiger partial charge is 0.484 e. The van der Waals surface area contributed by atoms with E-state index in [1.165, 1.54) is 18.3 Å². The minimum absolute atomic E-state index is 0.0255. The monoisotopic (exact) mass is 451 g/mol. The zero-order valence-corrected chi connectivity index (χ0v) is 17.5. The summed E-state index contributed by atoms with van der Waals surface area (Å²) in [5.41, 5.74) is 0.412. The average molecular weight is 452 g/mol. The zero-order chi connectivity index (χ0) is 22.2. The van der Waals surface area contributed by atoms with E-state index in [-0.39, 0.29) is 35.6 Å². The van der Waals surface area contributed by atoms with Crippen LogP contribution in [-0.4, -0.2) is 43.2 Å². The summed E-state index contributed by atoms with van der Waals surface area (Å²) in [7, 11) is 0. The summed E-state index contributed by atoms with van der Waals surface area (Å²) in [5, 5.41) is 5.23. The molecule has 0 unspecified atom stereocenters. The van der Waals surface area contributed by atoms with Crippen molar-refractivity contribution in [1.29, 1.82) is 0 Å². The maximum Gasteiger partial charge on any atom is 0.292 e. The molecule has 1 aromatic carbocycles. The highest BCUT2D eigenvalue weighted by atomic mass is 35.5. The molecule has 8 nitrogen and oxygen atoms in total. The Balaban J connectivity index is 1.35. The first kappa shape index (κ1) is 22.8. The number of hydrogen-bond donors (Lipinski definition) is 2. The molecular formula is C21H23ClFN3O5. The molecule has 166 valence electrons. The molecule has 2 amide bonds. The third-order valence-corrected chi connectivity index (χ3v) is 4.92. The van der Waals surface area contributed by atoms with Crippen LogP contribution in [0.1, 0.15) is 41.6 Å². The van der Waals surface area contributed by atoms with Gasteiger partial charge >= 0.3 is 0 Å². The highest BCUT2D eigenvalue weighted by Gasteiger charge is 2.22. The fourth-order valence-corrected chi connectivity index (χ4v) is 3.05. The first-order chi connectivity index (χ1) is 14.9. The molecule has 0 aliphatic carbocycles. The summed E-state index contributed by atoms with van der Waals surface area (Å²) in [4.78, 5) is 28.3. The van der Waals surface area contributed by atoms with Crippen molar-refractivity contribution in [2.45, 2.75) is 25.2 Å². The summed E-state index contributed by atoms with van der Waals surface area (Å²) in [6.07, 6.45) is 3.33. The summed E-state index contributed by atoms with van der Waals surface area (Å²) in [5.74, 6) is -0.484. The number of rotatable bonds is 9. The SMILES string of the molecule is C=C(CCNC(=O)COc1ccc(Cl)c(F)c1)NC(=O)c1cnc(C2CCOCC2)o1. The Bertz CT molecular complexity index is 943. The van der Waals surface area contributed by atoms with Gasteiger partial charge in [-0.3, -0.25) is 9.59 Å². The second-order valence-corrected chi connectivity index (χ2v) is 7.38. The van der Waals surface area contributed by atoms with Crippen LogP contribution in [0.2, 0.25) is 5.02 Å². The number of hydrogen-bond acceptors (Lipinski definition) is 6. The second-order valence-electron chi connectivity index (χ2n) is 6.97. The minimum atomic E-state index is -0.627. The highest BCUT2D eigenvalue weighted by Crippen LogP contribution is 2.26. The molecule has 31 heavy (non-hydrogen) atoms. The van der Waals surface area contributed by atoms with E-state index in [2.05, 4.69) is 22.2 Å². The predicted molar refractivity (Wildman–Crippen MR) is 110 cm³/mol. The van der Waals surface area contributed by atoms with E-state index < -0.39 is 17.6 Å². The maximum absolute atomic E-state index is 13.3. The van der Waals surface area contributed by atoms with Crippen molar-refractivity contribution >= 4 is 23.4 Å². The number of amides is 2. The van der Waals surface area contributed by atoms with Crippen molar-refractivity contribution in [3.05, 3.63) is 59.2 Å². The number of nitrogens with one attached hydrogen (secondary N) is 2. The Kier molecular flexibility index (Phi) is 8.02. The summed E-state index contributed by atoms with van der Waals surface area (Å²) in [6, 6.07) is 3.91. The van der Waals surface area contributed by atoms with Gasteiger partial charge in [0.2, 0.25) is 5.76 Å². The third-order valence-electron chi connectivity index (χ3n) is 4.62. The fourth-order valence-electron chi connectivity index (χ4n) is 2.93. The van der Waals surface area contributed by atoms with Crippen LogP contribution in [-0.2, 0) is 9.53 Å². The lowest BCUT2D eigenvalue weighted by Crippen LogP contribution is -2.31. The zero-order valence-electron chi connectivity index (χ0n) is 16.8. The molecule has 0 radical (unpaired) electrons. The van der Waals surface area contributed by atoms with Crippen LogP contribution in [0.15, 0.2) is 41.1 Å². The van der Waals surface area contributed by atoms with Crippen LogP contribution in [0, 0.1) is 5.82 Å². The number of benzene rings is 1. The number of oxazole rings is 1. The highest BCUT2D eigenvalue weighted by molar-refractivity contribution is 6.30. The van der Waals surface area contributed by atoms with Gasteiger partial charge in [-0.15, -0.1) is 0 Å². The minimum Gasteiger partial charge on any atom is -0.484 e. The van der Waals surface area contributed by atoms with Crippen LogP contribution < -0.4 is 15.4 Å². The van der Waals surface area contributed by atoms with Crippen LogP contribution in [0.25, 0.3) is 0 Å². The van der Waals surface area contributed by atoms with Crippen LogP contribution in [0.4, 0.5) is 4.39 Å². The van der Waals surface area contributed by atoms with E-state index >= 15 is 0 Å². The van der Waals surface area contributed by atoms with Crippen molar-refractivity contribution in [1.82, 2.24) is 15.6 Å². The van der Waals surface area contributed by atoms with Gasteiger partial charge in [-0.1, -0.05) is 18.2 Å². The van der Waals surface area contributed by atoms with E-state index in [1.54, 1.807) is 0 Å². The van der Waals surface area contributed by atoms with E-state index in [0.29, 0.717) is 31.2 Å². The Labute approximate surface area is 183 Å². The van der Waals surface area contributed by atoms with E-state index in [4.69, 9.17) is 25.5 Å². The first-order valence-corrected chi connectivity index (χ1v) is 10.2. The van der Waals surface area contributed by atoms with Crippen LogP contribution in [0.3, 0.4) is 0 Å². The van der Waals surface area contributed by atoms with E-state index in [1.807, 2.05) is 0 Å². The molecule has 10 heteroatoms. The summed E-state index contributed by atoms with van der Waals surface area (Å²) < 4.78 is 29.4. The van der Waals surface area contributed by atoms with Gasteiger partial charge in [0, 0.05) is 43.9 Å². The molecule has 1 aliphatic heterocycles. The molecular weight excluding hydrogens is 429 g/mol. The van der Waals surface area contributed by atoms with Crippen molar-refractivity contribution in [3.63, 3.8) is 0 Å². The molecule has 0 saturated carbocycles. The molecule has 1 fully saturated rings. The van der Waals surface area contributed by atoms with Gasteiger partial charge in [0.25, 0.3) is 11.8 Å². The number of halogens is 2. The molecule has 0 atom stereocenters. The maximum atomic E-state index is 13.3. The number of carbonyl (C=O) groups is 2. The van der Waals surface area contributed by atoms with Gasteiger partial charge in [0.05, 0.1) is 11.2 Å². The molecule has 2 aromatic rings. The fraction of sp³-hybridized carbons (Fsp3) is 0.381. The standard InChI is InChI=1S/C21H23ClFN3O5/c1-13(4-7-24-19(27)12-30-15-2-3-16(22)17(23)10-15)26-20(28)18-11-25-21(31-18)14-5-8-29-9-6-14/h2-3,10-11,14H,1,4-9,12H2,(H,24,27)(H,26,28). The van der Waals surface area contributed by atoms with Gasteiger partial charge < -0.3 is 24.5 Å². The van der Waals surface area contributed by atoms with Crippen LogP contribution in [0.5, 0.6) is 5.75 Å². The van der Waals surface area contributed by atoms with Gasteiger partial charge in [-0.05, 0) is 25.0 Å². The molecule has 2 N–H and O–H groups in total. The first-order valence-electron chi connectivity index (χ1n) is 9.79. The van der Waals surface area contributed by atoms with Crippen molar-refractivity contribution < 1.29 is 27.9 Å². The number of aromatic nitrogens is 1.